The number of carbonyl (C=O) groups is 1. The third-order valence-electron chi connectivity index (χ3n) is 2.16. The fourth-order valence-corrected chi connectivity index (χ4v) is 2.35. The highest BCUT2D eigenvalue weighted by Crippen LogP contribution is 2.38. The molecule has 1 heterocycles. The minimum atomic E-state index is -0.971. The standard InChI is InChI=1S/C10H9NO2S/c12-9(13)10(6-11-7-14-10)8-4-2-1-3-5-8/h1-6H,7H2,(H,12,13). The van der Waals surface area contributed by atoms with Gasteiger partial charge in [-0.05, 0) is 5.56 Å². The largest absolute Gasteiger partial charge is 0.480 e. The number of nitrogens with zero attached hydrogens (tertiary/aromatic N) is 1. The highest BCUT2D eigenvalue weighted by molar-refractivity contribution is 8.01. The van der Waals surface area contributed by atoms with Crippen LogP contribution in [0.3, 0.4) is 0 Å². The molecule has 0 radical (unpaired) electrons. The van der Waals surface area contributed by atoms with E-state index in [2.05, 4.69) is 4.99 Å². The van der Waals surface area contributed by atoms with Crippen molar-refractivity contribution in [2.75, 3.05) is 5.88 Å². The molecule has 0 bridgehead atoms. The summed E-state index contributed by atoms with van der Waals surface area (Å²) in [6, 6.07) is 9.19. The van der Waals surface area contributed by atoms with Crippen LogP contribution < -0.4 is 0 Å². The molecule has 0 aliphatic carbocycles. The highest BCUT2D eigenvalue weighted by atomic mass is 32.2. The summed E-state index contributed by atoms with van der Waals surface area (Å²) in [5.41, 5.74) is 0.777. The molecule has 1 aromatic carbocycles. The molecule has 3 nitrogen and oxygen atoms in total. The minimum Gasteiger partial charge on any atom is -0.480 e. The maximum atomic E-state index is 11.2. The molecule has 0 amide bonds. The second-order valence-electron chi connectivity index (χ2n) is 2.99. The van der Waals surface area contributed by atoms with E-state index in [4.69, 9.17) is 0 Å². The van der Waals surface area contributed by atoms with Crippen LogP contribution >= 0.6 is 11.8 Å². The van der Waals surface area contributed by atoms with Crippen LogP contribution in [-0.4, -0.2) is 23.2 Å². The Labute approximate surface area is 85.9 Å². The fourth-order valence-electron chi connectivity index (χ4n) is 1.43. The summed E-state index contributed by atoms with van der Waals surface area (Å²) in [4.78, 5) is 15.2. The lowest BCUT2D eigenvalue weighted by atomic mass is 10.00. The van der Waals surface area contributed by atoms with Crippen LogP contribution in [0.1, 0.15) is 5.56 Å². The van der Waals surface area contributed by atoms with Gasteiger partial charge < -0.3 is 5.11 Å². The molecule has 1 atom stereocenters. The predicted molar refractivity (Wildman–Crippen MR) is 56.7 cm³/mol. The van der Waals surface area contributed by atoms with Crippen molar-refractivity contribution in [3.05, 3.63) is 35.9 Å². The molecule has 1 unspecified atom stereocenters. The average molecular weight is 207 g/mol. The lowest BCUT2D eigenvalue weighted by molar-refractivity contribution is -0.138. The Morgan fingerprint density at radius 2 is 2.14 bits per heavy atom. The number of hydrogen-bond donors (Lipinski definition) is 1. The van der Waals surface area contributed by atoms with Gasteiger partial charge in [-0.25, -0.2) is 4.79 Å². The van der Waals surface area contributed by atoms with Gasteiger partial charge in [0.2, 0.25) is 0 Å². The number of aliphatic imine (C=N–C) groups is 1. The Hall–Kier alpha value is -1.29. The van der Waals surface area contributed by atoms with Gasteiger partial charge in [-0.1, -0.05) is 30.3 Å². The minimum absolute atomic E-state index is 0.515. The number of benzene rings is 1. The topological polar surface area (TPSA) is 49.7 Å². The van der Waals surface area contributed by atoms with Crippen LogP contribution in [-0.2, 0) is 9.54 Å². The number of thioether (sulfide) groups is 1. The van der Waals surface area contributed by atoms with Gasteiger partial charge in [0.25, 0.3) is 0 Å². The van der Waals surface area contributed by atoms with Gasteiger partial charge in [-0.2, -0.15) is 0 Å². The first-order valence-electron chi connectivity index (χ1n) is 4.19. The van der Waals surface area contributed by atoms with E-state index in [0.29, 0.717) is 5.88 Å². The van der Waals surface area contributed by atoms with Crippen LogP contribution in [0.5, 0.6) is 0 Å². The van der Waals surface area contributed by atoms with Crippen LogP contribution in [0.2, 0.25) is 0 Å². The van der Waals surface area contributed by atoms with Crippen molar-refractivity contribution in [2.45, 2.75) is 4.75 Å². The third kappa shape index (κ3) is 1.32. The molecule has 1 aliphatic rings. The molecule has 1 aromatic rings. The molecule has 0 spiro atoms. The van der Waals surface area contributed by atoms with Crippen LogP contribution in [0.25, 0.3) is 0 Å². The summed E-state index contributed by atoms with van der Waals surface area (Å²) in [5, 5.41) is 9.21. The Morgan fingerprint density at radius 1 is 1.43 bits per heavy atom. The first-order valence-corrected chi connectivity index (χ1v) is 5.18. The molecule has 0 aromatic heterocycles. The number of aliphatic carboxylic acids is 1. The maximum absolute atomic E-state index is 11.2. The zero-order chi connectivity index (χ0) is 10.0. The smallest absolute Gasteiger partial charge is 0.329 e. The monoisotopic (exact) mass is 207 g/mol. The number of hydrogen-bond acceptors (Lipinski definition) is 3. The van der Waals surface area contributed by atoms with Crippen molar-refractivity contribution < 1.29 is 9.90 Å². The van der Waals surface area contributed by atoms with E-state index < -0.39 is 10.7 Å². The first-order chi connectivity index (χ1) is 6.76. The van der Waals surface area contributed by atoms with E-state index in [1.807, 2.05) is 30.3 Å². The fraction of sp³-hybridized carbons (Fsp3) is 0.200. The van der Waals surface area contributed by atoms with E-state index in [9.17, 15) is 9.90 Å². The summed E-state index contributed by atoms with van der Waals surface area (Å²) < 4.78 is -0.971. The SMILES string of the molecule is O=C(O)C1(c2ccccc2)C=NCS1. The highest BCUT2D eigenvalue weighted by Gasteiger charge is 2.41. The van der Waals surface area contributed by atoms with Crippen LogP contribution in [0.15, 0.2) is 35.3 Å². The van der Waals surface area contributed by atoms with Crippen molar-refractivity contribution in [2.24, 2.45) is 4.99 Å². The van der Waals surface area contributed by atoms with E-state index in [-0.39, 0.29) is 0 Å². The molecular formula is C10H9NO2S. The Kier molecular flexibility index (Phi) is 2.29. The summed E-state index contributed by atoms with van der Waals surface area (Å²) in [7, 11) is 0. The van der Waals surface area contributed by atoms with Crippen molar-refractivity contribution in [1.82, 2.24) is 0 Å². The van der Waals surface area contributed by atoms with Crippen molar-refractivity contribution >= 4 is 23.9 Å². The molecular weight excluding hydrogens is 198 g/mol. The van der Waals surface area contributed by atoms with Crippen LogP contribution in [0, 0.1) is 0 Å². The van der Waals surface area contributed by atoms with Gasteiger partial charge in [0.15, 0.2) is 4.75 Å². The van der Waals surface area contributed by atoms with Crippen molar-refractivity contribution in [3.63, 3.8) is 0 Å². The molecule has 1 aliphatic heterocycles. The number of rotatable bonds is 2. The summed E-state index contributed by atoms with van der Waals surface area (Å²) in [5.74, 6) is -0.337. The zero-order valence-corrected chi connectivity index (χ0v) is 8.20. The summed E-state index contributed by atoms with van der Waals surface area (Å²) in [6.07, 6.45) is 1.52. The lowest BCUT2D eigenvalue weighted by Crippen LogP contribution is -2.31. The van der Waals surface area contributed by atoms with E-state index >= 15 is 0 Å². The molecule has 72 valence electrons. The second kappa shape index (κ2) is 3.46. The van der Waals surface area contributed by atoms with E-state index in [0.717, 1.165) is 5.56 Å². The molecule has 1 N–H and O–H groups in total. The molecule has 0 saturated carbocycles. The zero-order valence-electron chi connectivity index (χ0n) is 7.38. The Morgan fingerprint density at radius 3 is 2.64 bits per heavy atom. The van der Waals surface area contributed by atoms with Gasteiger partial charge in [0, 0.05) is 6.21 Å². The molecule has 14 heavy (non-hydrogen) atoms. The van der Waals surface area contributed by atoms with Gasteiger partial charge >= 0.3 is 5.97 Å². The van der Waals surface area contributed by atoms with E-state index in [1.54, 1.807) is 0 Å². The molecule has 2 rings (SSSR count). The lowest BCUT2D eigenvalue weighted by Gasteiger charge is -2.19. The Bertz CT molecular complexity index is 377. The second-order valence-corrected chi connectivity index (χ2v) is 4.18. The predicted octanol–water partition coefficient (Wildman–Crippen LogP) is 1.74. The first kappa shape index (κ1) is 9.27. The van der Waals surface area contributed by atoms with Crippen molar-refractivity contribution in [1.29, 1.82) is 0 Å². The summed E-state index contributed by atoms with van der Waals surface area (Å²) in [6.45, 7) is 0. The summed E-state index contributed by atoms with van der Waals surface area (Å²) >= 11 is 1.33. The molecule has 0 saturated heterocycles. The number of carboxylic acids is 1. The van der Waals surface area contributed by atoms with Gasteiger partial charge in [0.05, 0.1) is 5.88 Å². The normalized spacial score (nSPS) is 25.1. The Balaban J connectivity index is 2.47. The van der Waals surface area contributed by atoms with E-state index in [1.165, 1.54) is 18.0 Å². The molecule has 4 heteroatoms. The van der Waals surface area contributed by atoms with Crippen LogP contribution in [0.4, 0.5) is 0 Å². The van der Waals surface area contributed by atoms with Gasteiger partial charge in [-0.15, -0.1) is 11.8 Å². The maximum Gasteiger partial charge on any atom is 0.329 e. The number of carboxylic acid groups (broad SMARTS) is 1. The molecule has 0 fully saturated rings. The quantitative estimate of drug-likeness (QED) is 0.803. The third-order valence-corrected chi connectivity index (χ3v) is 3.41. The average Bonchev–Trinajstić information content (AvgIpc) is 2.69. The van der Waals surface area contributed by atoms with Crippen molar-refractivity contribution in [3.8, 4) is 0 Å². The van der Waals surface area contributed by atoms with Gasteiger partial charge in [-0.3, -0.25) is 4.99 Å². The van der Waals surface area contributed by atoms with Gasteiger partial charge in [0.1, 0.15) is 0 Å².